The number of carbonyl (C=O) groups excluding carboxylic acids is 1. The van der Waals surface area contributed by atoms with Crippen molar-refractivity contribution in [3.05, 3.63) is 86.4 Å². The molecule has 1 amide bonds. The molecule has 2 aromatic carbocycles. The van der Waals surface area contributed by atoms with Crippen molar-refractivity contribution in [2.24, 2.45) is 0 Å². The normalized spacial score (nSPS) is 14.2. The molecule has 188 valence electrons. The number of nitrogens with one attached hydrogen (secondary N) is 1. The molecule has 1 N–H and O–H groups in total. The van der Waals surface area contributed by atoms with Crippen LogP contribution < -0.4 is 15.6 Å². The number of amides is 1. The van der Waals surface area contributed by atoms with Crippen LogP contribution in [0.15, 0.2) is 59.7 Å². The zero-order chi connectivity index (χ0) is 25.5. The number of methoxy groups -OCH3 is 1. The first-order chi connectivity index (χ1) is 17.5. The van der Waals surface area contributed by atoms with Gasteiger partial charge in [0.1, 0.15) is 0 Å². The predicted octanol–water partition coefficient (Wildman–Crippen LogP) is 3.96. The fraction of sp³-hybridized carbons (Fsp3) is 0.269. The third kappa shape index (κ3) is 6.14. The van der Waals surface area contributed by atoms with Crippen LogP contribution in [0.4, 0.5) is 0 Å². The highest BCUT2D eigenvalue weighted by Crippen LogP contribution is 2.26. The Balaban J connectivity index is 1.47. The lowest BCUT2D eigenvalue weighted by Gasteiger charge is -2.26. The van der Waals surface area contributed by atoms with Crippen LogP contribution in [0.2, 0.25) is 10.0 Å². The van der Waals surface area contributed by atoms with Crippen LogP contribution in [-0.4, -0.2) is 60.5 Å². The minimum Gasteiger partial charge on any atom is -0.494 e. The number of aromatic nitrogens is 2. The molecule has 1 saturated heterocycles. The molecule has 0 atom stereocenters. The Morgan fingerprint density at radius 3 is 2.47 bits per heavy atom. The topological polar surface area (TPSA) is 85.7 Å². The van der Waals surface area contributed by atoms with Crippen molar-refractivity contribution >= 4 is 35.2 Å². The van der Waals surface area contributed by atoms with E-state index in [0.717, 1.165) is 25.2 Å². The van der Waals surface area contributed by atoms with E-state index in [-0.39, 0.29) is 21.2 Å². The number of carbonyl (C=O) groups is 1. The summed E-state index contributed by atoms with van der Waals surface area (Å²) in [6.07, 6.45) is 4.82. The van der Waals surface area contributed by atoms with Gasteiger partial charge in [-0.05, 0) is 29.3 Å². The highest BCUT2D eigenvalue weighted by atomic mass is 35.5. The highest BCUT2D eigenvalue weighted by molar-refractivity contribution is 6.39. The van der Waals surface area contributed by atoms with Gasteiger partial charge in [0.2, 0.25) is 0 Å². The minimum absolute atomic E-state index is 0.213. The van der Waals surface area contributed by atoms with Crippen LogP contribution in [-0.2, 0) is 11.3 Å². The second-order valence-electron chi connectivity index (χ2n) is 8.10. The van der Waals surface area contributed by atoms with Crippen molar-refractivity contribution in [2.75, 3.05) is 40.0 Å². The standard InChI is InChI=1S/C26H26Cl2N4O4/c1-35-22-17-30-32(12-11-31-13-15-36-16-14-31)26(34)23(22)19-7-5-18(6-8-19)9-10-29-25(33)24-20(27)3-2-4-21(24)28/h2-10,17H,11-16H2,1H3,(H,29,33). The summed E-state index contributed by atoms with van der Waals surface area (Å²) in [6, 6.07) is 12.2. The Labute approximate surface area is 219 Å². The fourth-order valence-electron chi connectivity index (χ4n) is 3.88. The highest BCUT2D eigenvalue weighted by Gasteiger charge is 2.16. The van der Waals surface area contributed by atoms with E-state index in [4.69, 9.17) is 32.7 Å². The van der Waals surface area contributed by atoms with Gasteiger partial charge in [-0.25, -0.2) is 4.68 Å². The lowest BCUT2D eigenvalue weighted by atomic mass is 10.0. The van der Waals surface area contributed by atoms with Crippen molar-refractivity contribution in [3.63, 3.8) is 0 Å². The third-order valence-electron chi connectivity index (χ3n) is 5.84. The average Bonchev–Trinajstić information content (AvgIpc) is 2.89. The van der Waals surface area contributed by atoms with E-state index in [9.17, 15) is 9.59 Å². The average molecular weight is 529 g/mol. The number of ether oxygens (including phenoxy) is 2. The second kappa shape index (κ2) is 12.2. The Morgan fingerprint density at radius 1 is 1.11 bits per heavy atom. The minimum atomic E-state index is -0.405. The molecule has 4 rings (SSSR count). The molecule has 0 bridgehead atoms. The van der Waals surface area contributed by atoms with E-state index in [0.29, 0.717) is 36.6 Å². The molecule has 1 aliphatic rings. The molecule has 0 spiro atoms. The van der Waals surface area contributed by atoms with Gasteiger partial charge in [0, 0.05) is 25.8 Å². The number of hydrogen-bond acceptors (Lipinski definition) is 6. The summed E-state index contributed by atoms with van der Waals surface area (Å²) < 4.78 is 12.3. The molecule has 36 heavy (non-hydrogen) atoms. The molecule has 2 heterocycles. The van der Waals surface area contributed by atoms with E-state index in [1.54, 1.807) is 30.5 Å². The number of nitrogens with zero attached hydrogens (tertiary/aromatic N) is 3. The second-order valence-corrected chi connectivity index (χ2v) is 8.91. The molecular formula is C26H26Cl2N4O4. The summed E-state index contributed by atoms with van der Waals surface area (Å²) in [5, 5.41) is 7.51. The zero-order valence-electron chi connectivity index (χ0n) is 19.7. The summed E-state index contributed by atoms with van der Waals surface area (Å²) in [5.41, 5.74) is 1.99. The molecule has 1 aromatic heterocycles. The summed E-state index contributed by atoms with van der Waals surface area (Å²) in [6.45, 7) is 4.29. The van der Waals surface area contributed by atoms with Crippen LogP contribution in [0.25, 0.3) is 17.2 Å². The summed E-state index contributed by atoms with van der Waals surface area (Å²) in [7, 11) is 1.52. The van der Waals surface area contributed by atoms with E-state index < -0.39 is 5.91 Å². The Bertz CT molecular complexity index is 1280. The zero-order valence-corrected chi connectivity index (χ0v) is 21.3. The fourth-order valence-corrected chi connectivity index (χ4v) is 4.44. The summed E-state index contributed by atoms with van der Waals surface area (Å²) in [5.74, 6) is 0.00687. The number of morpholine rings is 1. The van der Waals surface area contributed by atoms with Crippen molar-refractivity contribution in [1.29, 1.82) is 0 Å². The van der Waals surface area contributed by atoms with Crippen LogP contribution >= 0.6 is 23.2 Å². The van der Waals surface area contributed by atoms with Crippen LogP contribution in [0.5, 0.6) is 5.75 Å². The molecule has 1 fully saturated rings. The lowest BCUT2D eigenvalue weighted by molar-refractivity contribution is 0.0358. The molecule has 0 aliphatic carbocycles. The quantitative estimate of drug-likeness (QED) is 0.476. The number of rotatable bonds is 8. The molecular weight excluding hydrogens is 503 g/mol. The van der Waals surface area contributed by atoms with Crippen LogP contribution in [0.3, 0.4) is 0 Å². The van der Waals surface area contributed by atoms with Gasteiger partial charge in [-0.3, -0.25) is 14.5 Å². The van der Waals surface area contributed by atoms with Gasteiger partial charge in [0.15, 0.2) is 5.75 Å². The SMILES string of the molecule is COc1cnn(CCN2CCOCC2)c(=O)c1-c1ccc(C=CNC(=O)c2c(Cl)cccc2Cl)cc1. The van der Waals surface area contributed by atoms with Crippen molar-refractivity contribution < 1.29 is 14.3 Å². The first-order valence-electron chi connectivity index (χ1n) is 11.4. The Hall–Kier alpha value is -3.17. The maximum Gasteiger partial charge on any atom is 0.278 e. The number of hydrogen-bond donors (Lipinski definition) is 1. The molecule has 0 saturated carbocycles. The van der Waals surface area contributed by atoms with Gasteiger partial charge in [-0.15, -0.1) is 0 Å². The Morgan fingerprint density at radius 2 is 1.81 bits per heavy atom. The monoisotopic (exact) mass is 528 g/mol. The lowest BCUT2D eigenvalue weighted by Crippen LogP contribution is -2.39. The largest absolute Gasteiger partial charge is 0.494 e. The predicted molar refractivity (Wildman–Crippen MR) is 141 cm³/mol. The molecule has 10 heteroatoms. The summed E-state index contributed by atoms with van der Waals surface area (Å²) in [4.78, 5) is 27.9. The van der Waals surface area contributed by atoms with Crippen molar-refractivity contribution in [2.45, 2.75) is 6.54 Å². The third-order valence-corrected chi connectivity index (χ3v) is 6.47. The van der Waals surface area contributed by atoms with Crippen LogP contribution in [0, 0.1) is 0 Å². The smallest absolute Gasteiger partial charge is 0.278 e. The first-order valence-corrected chi connectivity index (χ1v) is 12.2. The number of halogens is 2. The first kappa shape index (κ1) is 25.9. The van der Waals surface area contributed by atoms with Gasteiger partial charge >= 0.3 is 0 Å². The van der Waals surface area contributed by atoms with Gasteiger partial charge in [-0.1, -0.05) is 53.5 Å². The van der Waals surface area contributed by atoms with Gasteiger partial charge < -0.3 is 14.8 Å². The van der Waals surface area contributed by atoms with E-state index >= 15 is 0 Å². The van der Waals surface area contributed by atoms with E-state index in [1.165, 1.54) is 18.0 Å². The van der Waals surface area contributed by atoms with Crippen molar-refractivity contribution in [3.8, 4) is 16.9 Å². The molecule has 3 aromatic rings. The van der Waals surface area contributed by atoms with Crippen molar-refractivity contribution in [1.82, 2.24) is 20.0 Å². The van der Waals surface area contributed by atoms with Gasteiger partial charge in [0.25, 0.3) is 11.5 Å². The van der Waals surface area contributed by atoms with E-state index in [2.05, 4.69) is 15.3 Å². The summed E-state index contributed by atoms with van der Waals surface area (Å²) >= 11 is 12.2. The maximum absolute atomic E-state index is 13.2. The molecule has 0 radical (unpaired) electrons. The maximum atomic E-state index is 13.2. The molecule has 8 nitrogen and oxygen atoms in total. The van der Waals surface area contributed by atoms with Gasteiger partial charge in [-0.2, -0.15) is 5.10 Å². The Kier molecular flexibility index (Phi) is 8.77. The number of benzene rings is 2. The molecule has 0 unspecified atom stereocenters. The van der Waals surface area contributed by atoms with Crippen LogP contribution in [0.1, 0.15) is 15.9 Å². The van der Waals surface area contributed by atoms with E-state index in [1.807, 2.05) is 24.3 Å². The molecule has 1 aliphatic heterocycles. The van der Waals surface area contributed by atoms with Gasteiger partial charge in [0.05, 0.1) is 54.2 Å².